The van der Waals surface area contributed by atoms with E-state index >= 15 is 0 Å². The maximum atomic E-state index is 2.77. The Morgan fingerprint density at radius 3 is 2.80 bits per heavy atom. The largest absolute Gasteiger partial charge is 0.296 e. The van der Waals surface area contributed by atoms with Gasteiger partial charge in [-0.2, -0.15) is 0 Å². The summed E-state index contributed by atoms with van der Waals surface area (Å²) in [5.74, 6) is 4.58. The van der Waals surface area contributed by atoms with Crippen molar-refractivity contribution in [1.29, 1.82) is 0 Å². The van der Waals surface area contributed by atoms with Crippen LogP contribution in [0.1, 0.15) is 51.4 Å². The first-order valence-corrected chi connectivity index (χ1v) is 10.8. The van der Waals surface area contributed by atoms with Gasteiger partial charge in [-0.05, 0) is 68.7 Å². The summed E-state index contributed by atoms with van der Waals surface area (Å²) in [7, 11) is 2.42. The highest BCUT2D eigenvalue weighted by Gasteiger charge is 2.51. The molecular weight excluding hydrogens is 302 g/mol. The summed E-state index contributed by atoms with van der Waals surface area (Å²) in [5, 5.41) is 0. The molecule has 134 valence electrons. The molecule has 5 aliphatic rings. The highest BCUT2D eigenvalue weighted by Crippen LogP contribution is 2.57. The van der Waals surface area contributed by atoms with Crippen molar-refractivity contribution in [1.82, 2.24) is 4.90 Å². The van der Waals surface area contributed by atoms with Crippen LogP contribution in [-0.2, 0) is 0 Å². The first-order valence-electron chi connectivity index (χ1n) is 10.8. The second-order valence-corrected chi connectivity index (χ2v) is 9.23. The quantitative estimate of drug-likeness (QED) is 0.642. The van der Waals surface area contributed by atoms with Crippen molar-refractivity contribution in [3.8, 4) is 0 Å². The molecule has 0 radical (unpaired) electrons. The molecule has 7 atom stereocenters. The van der Waals surface area contributed by atoms with Crippen LogP contribution in [0.15, 0.2) is 48.1 Å². The third kappa shape index (κ3) is 2.70. The van der Waals surface area contributed by atoms with Gasteiger partial charge >= 0.3 is 0 Å². The minimum absolute atomic E-state index is 0.611. The Bertz CT molecular complexity index is 624. The summed E-state index contributed by atoms with van der Waals surface area (Å²) in [5.41, 5.74) is 1.81. The first-order chi connectivity index (χ1) is 12.3. The van der Waals surface area contributed by atoms with E-state index in [2.05, 4.69) is 54.5 Å². The Morgan fingerprint density at radius 1 is 1.00 bits per heavy atom. The molecule has 3 saturated carbocycles. The van der Waals surface area contributed by atoms with E-state index in [0.29, 0.717) is 6.04 Å². The van der Waals surface area contributed by atoms with E-state index in [1.165, 1.54) is 51.4 Å². The standard InChI is InChI=1S/C24H33N/c1-25(20-11-3-2-4-12-20)22-16-19-10-7-9-17-14-15-18-8-5-6-13-21(22)24(18)23(17)19/h2-4,7,9-11,18-24H,5-6,8,12-16H2,1H3/t18?,19?,20?,21?,22?,23?,24-/m0/s1. The van der Waals surface area contributed by atoms with Crippen LogP contribution in [0.3, 0.4) is 0 Å². The number of allylic oxidation sites excluding steroid dienone is 6. The second-order valence-electron chi connectivity index (χ2n) is 9.23. The Morgan fingerprint density at radius 2 is 1.92 bits per heavy atom. The molecule has 0 aromatic heterocycles. The van der Waals surface area contributed by atoms with Crippen LogP contribution < -0.4 is 0 Å². The van der Waals surface area contributed by atoms with Gasteiger partial charge in [-0.15, -0.1) is 0 Å². The van der Waals surface area contributed by atoms with Crippen molar-refractivity contribution in [3.63, 3.8) is 0 Å². The monoisotopic (exact) mass is 335 g/mol. The number of rotatable bonds is 2. The van der Waals surface area contributed by atoms with E-state index in [4.69, 9.17) is 0 Å². The van der Waals surface area contributed by atoms with Crippen LogP contribution in [0.2, 0.25) is 0 Å². The zero-order valence-electron chi connectivity index (χ0n) is 15.7. The molecule has 0 bridgehead atoms. The van der Waals surface area contributed by atoms with Gasteiger partial charge in [-0.3, -0.25) is 4.90 Å². The fourth-order valence-electron chi connectivity index (χ4n) is 7.09. The van der Waals surface area contributed by atoms with Crippen molar-refractivity contribution < 1.29 is 0 Å². The van der Waals surface area contributed by atoms with Crippen molar-refractivity contribution in [2.45, 2.75) is 63.5 Å². The molecule has 0 aliphatic heterocycles. The van der Waals surface area contributed by atoms with Gasteiger partial charge in [0.1, 0.15) is 0 Å². The minimum atomic E-state index is 0.611. The van der Waals surface area contributed by atoms with Crippen molar-refractivity contribution in [3.05, 3.63) is 48.1 Å². The number of hydrogen-bond donors (Lipinski definition) is 0. The summed E-state index contributed by atoms with van der Waals surface area (Å²) in [4.78, 5) is 2.77. The van der Waals surface area contributed by atoms with Crippen LogP contribution in [0.25, 0.3) is 0 Å². The second kappa shape index (κ2) is 6.58. The SMILES string of the molecule is CN(C1C=CC=CC1)C1CC2C=CC=C3CCC4CCCCC1[C@H]4C32. The lowest BCUT2D eigenvalue weighted by atomic mass is 9.53. The van der Waals surface area contributed by atoms with Crippen LogP contribution in [-0.4, -0.2) is 24.0 Å². The van der Waals surface area contributed by atoms with Gasteiger partial charge in [-0.1, -0.05) is 67.4 Å². The molecule has 0 heterocycles. The molecule has 0 spiro atoms. The van der Waals surface area contributed by atoms with Gasteiger partial charge in [0, 0.05) is 12.1 Å². The van der Waals surface area contributed by atoms with E-state index in [9.17, 15) is 0 Å². The zero-order valence-corrected chi connectivity index (χ0v) is 15.7. The molecule has 1 heteroatoms. The molecule has 0 saturated heterocycles. The van der Waals surface area contributed by atoms with Crippen LogP contribution >= 0.6 is 0 Å². The Kier molecular flexibility index (Phi) is 4.24. The van der Waals surface area contributed by atoms with E-state index in [1.807, 2.05) is 5.57 Å². The first kappa shape index (κ1) is 16.1. The van der Waals surface area contributed by atoms with Gasteiger partial charge in [0.2, 0.25) is 0 Å². The number of likely N-dealkylation sites (N-methyl/N-ethyl adjacent to an activating group) is 1. The highest BCUT2D eigenvalue weighted by atomic mass is 15.2. The topological polar surface area (TPSA) is 3.24 Å². The van der Waals surface area contributed by atoms with E-state index < -0.39 is 0 Å². The van der Waals surface area contributed by atoms with Crippen LogP contribution in [0.4, 0.5) is 0 Å². The van der Waals surface area contributed by atoms with E-state index in [1.54, 1.807) is 0 Å². The summed E-state index contributed by atoms with van der Waals surface area (Å²) in [6.07, 6.45) is 28.0. The van der Waals surface area contributed by atoms with Crippen LogP contribution in [0, 0.1) is 29.6 Å². The Hall–Kier alpha value is -1.08. The normalized spacial score (nSPS) is 45.0. The Labute approximate surface area is 153 Å². The predicted octanol–water partition coefficient (Wildman–Crippen LogP) is 5.52. The van der Waals surface area contributed by atoms with Gasteiger partial charge in [0.15, 0.2) is 0 Å². The highest BCUT2D eigenvalue weighted by molar-refractivity contribution is 5.29. The van der Waals surface area contributed by atoms with Gasteiger partial charge in [-0.25, -0.2) is 0 Å². The van der Waals surface area contributed by atoms with Crippen molar-refractivity contribution in [2.24, 2.45) is 29.6 Å². The summed E-state index contributed by atoms with van der Waals surface area (Å²) >= 11 is 0. The fraction of sp³-hybridized carbons (Fsp3) is 0.667. The predicted molar refractivity (Wildman–Crippen MR) is 105 cm³/mol. The van der Waals surface area contributed by atoms with Crippen LogP contribution in [0.5, 0.6) is 0 Å². The van der Waals surface area contributed by atoms with Crippen molar-refractivity contribution in [2.75, 3.05) is 7.05 Å². The van der Waals surface area contributed by atoms with E-state index in [0.717, 1.165) is 35.6 Å². The van der Waals surface area contributed by atoms with Crippen molar-refractivity contribution >= 4 is 0 Å². The maximum absolute atomic E-state index is 2.77. The number of hydrogen-bond acceptors (Lipinski definition) is 1. The fourth-order valence-corrected chi connectivity index (χ4v) is 7.09. The average Bonchev–Trinajstić information content (AvgIpc) is 2.89. The summed E-state index contributed by atoms with van der Waals surface area (Å²) in [6.45, 7) is 0. The Balaban J connectivity index is 1.48. The zero-order chi connectivity index (χ0) is 16.8. The molecule has 0 aromatic carbocycles. The molecule has 0 N–H and O–H groups in total. The summed E-state index contributed by atoms with van der Waals surface area (Å²) < 4.78 is 0. The third-order valence-corrected chi connectivity index (χ3v) is 8.19. The molecule has 5 rings (SSSR count). The molecule has 25 heavy (non-hydrogen) atoms. The lowest BCUT2D eigenvalue weighted by molar-refractivity contribution is -0.0176. The maximum Gasteiger partial charge on any atom is 0.0315 e. The molecule has 0 aromatic rings. The molecular formula is C24H33N. The molecule has 3 fully saturated rings. The molecule has 0 amide bonds. The van der Waals surface area contributed by atoms with E-state index in [-0.39, 0.29) is 0 Å². The lowest BCUT2D eigenvalue weighted by Crippen LogP contribution is -2.55. The lowest BCUT2D eigenvalue weighted by Gasteiger charge is -2.56. The summed E-state index contributed by atoms with van der Waals surface area (Å²) in [6, 6.07) is 1.38. The smallest absolute Gasteiger partial charge is 0.0315 e. The van der Waals surface area contributed by atoms with Gasteiger partial charge < -0.3 is 0 Å². The van der Waals surface area contributed by atoms with Gasteiger partial charge in [0.25, 0.3) is 0 Å². The molecule has 5 aliphatic carbocycles. The molecule has 6 unspecified atom stereocenters. The minimum Gasteiger partial charge on any atom is -0.296 e. The third-order valence-electron chi connectivity index (χ3n) is 8.19. The average molecular weight is 336 g/mol. The van der Waals surface area contributed by atoms with Gasteiger partial charge in [0.05, 0.1) is 0 Å². The molecule has 1 nitrogen and oxygen atoms in total. The number of nitrogens with zero attached hydrogens (tertiary/aromatic N) is 1.